The van der Waals surface area contributed by atoms with E-state index in [9.17, 15) is 13.2 Å². The largest absolute Gasteiger partial charge is 0.573 e. The molecule has 7 heteroatoms. The fourth-order valence-electron chi connectivity index (χ4n) is 2.03. The number of hydrogen-bond donors (Lipinski definition) is 1. The monoisotopic (exact) mass is 290 g/mol. The van der Waals surface area contributed by atoms with Crippen LogP contribution >= 0.6 is 0 Å². The molecule has 1 aliphatic rings. The smallest absolute Gasteiger partial charge is 0.406 e. The minimum atomic E-state index is -4.67. The Morgan fingerprint density at radius 1 is 1.45 bits per heavy atom. The fraction of sp³-hybridized carbons (Fsp3) is 0.538. The van der Waals surface area contributed by atoms with Crippen LogP contribution < -0.4 is 10.1 Å². The predicted octanol–water partition coefficient (Wildman–Crippen LogP) is 2.33. The van der Waals surface area contributed by atoms with Crippen molar-refractivity contribution in [2.45, 2.75) is 12.5 Å². The normalized spacial score (nSPS) is 20.7. The van der Waals surface area contributed by atoms with E-state index < -0.39 is 6.36 Å². The molecule has 0 saturated carbocycles. The van der Waals surface area contributed by atoms with E-state index in [1.807, 2.05) is 7.05 Å². The fourth-order valence-corrected chi connectivity index (χ4v) is 2.03. The Labute approximate surface area is 115 Å². The summed E-state index contributed by atoms with van der Waals surface area (Å²) in [5.74, 6) is -0.232. The maximum absolute atomic E-state index is 12.1. The number of alkyl halides is 3. The van der Waals surface area contributed by atoms with Crippen molar-refractivity contribution in [3.63, 3.8) is 0 Å². The van der Waals surface area contributed by atoms with Gasteiger partial charge in [-0.15, -0.1) is 13.2 Å². The van der Waals surface area contributed by atoms with Crippen LogP contribution in [-0.2, 0) is 4.74 Å². The highest BCUT2D eigenvalue weighted by atomic mass is 19.4. The van der Waals surface area contributed by atoms with Crippen molar-refractivity contribution in [2.24, 2.45) is 0 Å². The van der Waals surface area contributed by atoms with Gasteiger partial charge in [-0.1, -0.05) is 6.07 Å². The highest BCUT2D eigenvalue weighted by Gasteiger charge is 2.31. The van der Waals surface area contributed by atoms with Crippen molar-refractivity contribution in [3.05, 3.63) is 24.3 Å². The van der Waals surface area contributed by atoms with E-state index in [0.29, 0.717) is 18.8 Å². The first-order valence-corrected chi connectivity index (χ1v) is 6.32. The first-order valence-electron chi connectivity index (χ1n) is 6.32. The molecule has 1 atom stereocenters. The van der Waals surface area contributed by atoms with Crippen molar-refractivity contribution in [1.29, 1.82) is 0 Å². The molecule has 0 radical (unpaired) electrons. The molecule has 2 rings (SSSR count). The van der Waals surface area contributed by atoms with Crippen LogP contribution in [0.3, 0.4) is 0 Å². The summed E-state index contributed by atoms with van der Waals surface area (Å²) in [4.78, 5) is 2.15. The third-order valence-electron chi connectivity index (χ3n) is 2.94. The highest BCUT2D eigenvalue weighted by Crippen LogP contribution is 2.25. The summed E-state index contributed by atoms with van der Waals surface area (Å²) in [7, 11) is 2.01. The van der Waals surface area contributed by atoms with Gasteiger partial charge in [0.25, 0.3) is 0 Å². The average Bonchev–Trinajstić information content (AvgIpc) is 2.35. The number of hydrogen-bond acceptors (Lipinski definition) is 4. The molecule has 20 heavy (non-hydrogen) atoms. The summed E-state index contributed by atoms with van der Waals surface area (Å²) >= 11 is 0. The first kappa shape index (κ1) is 14.9. The molecule has 0 spiro atoms. The minimum absolute atomic E-state index is 0.0286. The van der Waals surface area contributed by atoms with Gasteiger partial charge in [0.2, 0.25) is 0 Å². The van der Waals surface area contributed by atoms with Gasteiger partial charge in [-0.05, 0) is 19.2 Å². The van der Waals surface area contributed by atoms with Gasteiger partial charge >= 0.3 is 6.36 Å². The van der Waals surface area contributed by atoms with Crippen molar-refractivity contribution in [1.82, 2.24) is 4.90 Å². The zero-order valence-electron chi connectivity index (χ0n) is 11.1. The average molecular weight is 290 g/mol. The molecule has 1 N–H and O–H groups in total. The summed E-state index contributed by atoms with van der Waals surface area (Å²) in [6, 6.07) is 5.79. The lowest BCUT2D eigenvalue weighted by Crippen LogP contribution is -2.43. The Kier molecular flexibility index (Phi) is 4.72. The number of nitrogens with one attached hydrogen (secondary N) is 1. The van der Waals surface area contributed by atoms with Crippen LogP contribution in [0.5, 0.6) is 5.75 Å². The molecule has 1 heterocycles. The molecule has 0 aromatic heterocycles. The molecule has 0 aliphatic carbocycles. The highest BCUT2D eigenvalue weighted by molar-refractivity contribution is 5.48. The predicted molar refractivity (Wildman–Crippen MR) is 68.9 cm³/mol. The van der Waals surface area contributed by atoms with Crippen LogP contribution in [0.4, 0.5) is 18.9 Å². The van der Waals surface area contributed by atoms with E-state index >= 15 is 0 Å². The number of halogens is 3. The second-order valence-corrected chi connectivity index (χ2v) is 4.71. The lowest BCUT2D eigenvalue weighted by molar-refractivity contribution is -0.274. The van der Waals surface area contributed by atoms with E-state index in [1.165, 1.54) is 18.2 Å². The summed E-state index contributed by atoms with van der Waals surface area (Å²) < 4.78 is 45.8. The van der Waals surface area contributed by atoms with Crippen molar-refractivity contribution < 1.29 is 22.6 Å². The minimum Gasteiger partial charge on any atom is -0.406 e. The van der Waals surface area contributed by atoms with E-state index in [4.69, 9.17) is 4.74 Å². The van der Waals surface area contributed by atoms with Gasteiger partial charge in [0.05, 0.1) is 12.7 Å². The first-order chi connectivity index (χ1) is 9.42. The zero-order chi connectivity index (χ0) is 14.6. The number of anilines is 1. The SMILES string of the molecule is CN1CCOC(CNc2cccc(OC(F)(F)F)c2)C1. The van der Waals surface area contributed by atoms with E-state index in [2.05, 4.69) is 15.0 Å². The molecule has 1 aromatic rings. The third-order valence-corrected chi connectivity index (χ3v) is 2.94. The molecule has 4 nitrogen and oxygen atoms in total. The Hall–Kier alpha value is -1.47. The topological polar surface area (TPSA) is 33.7 Å². The van der Waals surface area contributed by atoms with Gasteiger partial charge in [-0.3, -0.25) is 0 Å². The van der Waals surface area contributed by atoms with Crippen LogP contribution in [0, 0.1) is 0 Å². The Balaban J connectivity index is 1.88. The van der Waals surface area contributed by atoms with Crippen molar-refractivity contribution in [2.75, 3.05) is 38.6 Å². The van der Waals surface area contributed by atoms with Crippen molar-refractivity contribution in [3.8, 4) is 5.75 Å². The molecule has 0 bridgehead atoms. The Morgan fingerprint density at radius 3 is 2.95 bits per heavy atom. The zero-order valence-corrected chi connectivity index (χ0v) is 11.1. The summed E-state index contributed by atoms with van der Waals surface area (Å²) in [5.41, 5.74) is 0.573. The van der Waals surface area contributed by atoms with Gasteiger partial charge in [-0.25, -0.2) is 0 Å². The van der Waals surface area contributed by atoms with Crippen LogP contribution in [-0.4, -0.2) is 50.7 Å². The molecule has 0 amide bonds. The third kappa shape index (κ3) is 4.90. The van der Waals surface area contributed by atoms with Crippen LogP contribution in [0.2, 0.25) is 0 Å². The van der Waals surface area contributed by atoms with E-state index in [1.54, 1.807) is 6.07 Å². The lowest BCUT2D eigenvalue weighted by Gasteiger charge is -2.30. The van der Waals surface area contributed by atoms with E-state index in [0.717, 1.165) is 13.1 Å². The molecule has 1 aromatic carbocycles. The molecule has 1 fully saturated rings. The second-order valence-electron chi connectivity index (χ2n) is 4.71. The number of morpholine rings is 1. The molecule has 112 valence electrons. The maximum atomic E-state index is 12.1. The van der Waals surface area contributed by atoms with Crippen molar-refractivity contribution >= 4 is 5.69 Å². The molecule has 1 aliphatic heterocycles. The second kappa shape index (κ2) is 6.32. The van der Waals surface area contributed by atoms with Crippen LogP contribution in [0.25, 0.3) is 0 Å². The molecule has 1 unspecified atom stereocenters. The maximum Gasteiger partial charge on any atom is 0.573 e. The van der Waals surface area contributed by atoms with Gasteiger partial charge < -0.3 is 19.7 Å². The van der Waals surface area contributed by atoms with Gasteiger partial charge in [0.1, 0.15) is 5.75 Å². The molecule has 1 saturated heterocycles. The molecular weight excluding hydrogens is 273 g/mol. The number of ether oxygens (including phenoxy) is 2. The van der Waals surface area contributed by atoms with E-state index in [-0.39, 0.29) is 11.9 Å². The molecular formula is C13H17F3N2O2. The number of likely N-dealkylation sites (N-methyl/N-ethyl adjacent to an activating group) is 1. The summed E-state index contributed by atoms with van der Waals surface area (Å²) in [6.07, 6.45) is -4.64. The number of benzene rings is 1. The van der Waals surface area contributed by atoms with Gasteiger partial charge in [0.15, 0.2) is 0 Å². The standard InChI is InChI=1S/C13H17F3N2O2/c1-18-5-6-19-12(9-18)8-17-10-3-2-4-11(7-10)20-13(14,15)16/h2-4,7,12,17H,5-6,8-9H2,1H3. The number of nitrogens with zero attached hydrogens (tertiary/aromatic N) is 1. The van der Waals surface area contributed by atoms with Crippen LogP contribution in [0.15, 0.2) is 24.3 Å². The quantitative estimate of drug-likeness (QED) is 0.923. The van der Waals surface area contributed by atoms with Gasteiger partial charge in [0, 0.05) is 31.4 Å². The Bertz CT molecular complexity index is 440. The summed E-state index contributed by atoms with van der Waals surface area (Å²) in [5, 5.41) is 3.06. The number of rotatable bonds is 4. The lowest BCUT2D eigenvalue weighted by atomic mass is 10.2. The van der Waals surface area contributed by atoms with Gasteiger partial charge in [-0.2, -0.15) is 0 Å². The van der Waals surface area contributed by atoms with Crippen LogP contribution in [0.1, 0.15) is 0 Å². The Morgan fingerprint density at radius 2 is 2.25 bits per heavy atom. The summed E-state index contributed by atoms with van der Waals surface area (Å²) in [6.45, 7) is 2.90.